The van der Waals surface area contributed by atoms with Crippen molar-refractivity contribution in [2.45, 2.75) is 45.8 Å². The third-order valence-electron chi connectivity index (χ3n) is 1.93. The van der Waals surface area contributed by atoms with Crippen molar-refractivity contribution in [2.75, 3.05) is 17.6 Å². The normalized spacial score (nSPS) is 13.5. The molecule has 3 heteroatoms. The zero-order valence-corrected chi connectivity index (χ0v) is 12.0. The second-order valence-corrected chi connectivity index (χ2v) is 4.28. The lowest BCUT2D eigenvalue weighted by Crippen LogP contribution is -2.19. The average molecular weight is 326 g/mol. The number of alkyl halides is 1. The number of allylic oxidation sites excluding steroid dienone is 1. The molecule has 0 heterocycles. The standard InChI is InChI=1S/C12H23IO2/c1-3-5-7-8-10-15-12(11-13)14-9-6-4-2/h7-8,12H,3-6,9-11H2,1-2H3. The second kappa shape index (κ2) is 12.5. The number of hydrogen-bond acceptors (Lipinski definition) is 2. The highest BCUT2D eigenvalue weighted by atomic mass is 127. The molecule has 0 aliphatic heterocycles. The van der Waals surface area contributed by atoms with Gasteiger partial charge in [-0.3, -0.25) is 0 Å². The van der Waals surface area contributed by atoms with E-state index in [2.05, 4.69) is 48.6 Å². The maximum absolute atomic E-state index is 5.57. The van der Waals surface area contributed by atoms with Gasteiger partial charge in [-0.2, -0.15) is 0 Å². The summed E-state index contributed by atoms with van der Waals surface area (Å²) in [5.41, 5.74) is 0. The third kappa shape index (κ3) is 10.7. The largest absolute Gasteiger partial charge is 0.352 e. The Bertz CT molecular complexity index is 149. The highest BCUT2D eigenvalue weighted by Gasteiger charge is 2.05. The average Bonchev–Trinajstić information content (AvgIpc) is 2.26. The van der Waals surface area contributed by atoms with Crippen LogP contribution >= 0.6 is 22.6 Å². The molecule has 2 nitrogen and oxygen atoms in total. The zero-order chi connectivity index (χ0) is 11.4. The summed E-state index contributed by atoms with van der Waals surface area (Å²) in [5.74, 6) is 0. The fourth-order valence-electron chi connectivity index (χ4n) is 1.01. The molecule has 15 heavy (non-hydrogen) atoms. The first-order chi connectivity index (χ1) is 7.35. The highest BCUT2D eigenvalue weighted by molar-refractivity contribution is 14.1. The van der Waals surface area contributed by atoms with Gasteiger partial charge in [-0.1, -0.05) is 61.4 Å². The van der Waals surface area contributed by atoms with Crippen LogP contribution in [-0.4, -0.2) is 23.9 Å². The maximum atomic E-state index is 5.57. The summed E-state index contributed by atoms with van der Waals surface area (Å²) in [6.45, 7) is 5.81. The molecule has 0 saturated carbocycles. The van der Waals surface area contributed by atoms with Crippen molar-refractivity contribution in [3.8, 4) is 0 Å². The SMILES string of the molecule is CCCC=CCOC(CI)OCCCC. The van der Waals surface area contributed by atoms with Gasteiger partial charge in [-0.05, 0) is 12.8 Å². The second-order valence-electron chi connectivity index (χ2n) is 3.40. The van der Waals surface area contributed by atoms with E-state index < -0.39 is 0 Å². The predicted octanol–water partition coefficient (Wildman–Crippen LogP) is 3.94. The van der Waals surface area contributed by atoms with E-state index in [1.807, 2.05) is 0 Å². The Balaban J connectivity index is 3.43. The number of halogens is 1. The van der Waals surface area contributed by atoms with Gasteiger partial charge < -0.3 is 9.47 Å². The summed E-state index contributed by atoms with van der Waals surface area (Å²) in [7, 11) is 0. The molecule has 0 aliphatic rings. The fourth-order valence-corrected chi connectivity index (χ4v) is 1.52. The molecular formula is C12H23IO2. The number of hydrogen-bond donors (Lipinski definition) is 0. The van der Waals surface area contributed by atoms with E-state index in [0.717, 1.165) is 23.9 Å². The number of ether oxygens (including phenoxy) is 2. The molecule has 0 saturated heterocycles. The van der Waals surface area contributed by atoms with Gasteiger partial charge >= 0.3 is 0 Å². The Hall–Kier alpha value is 0.390. The smallest absolute Gasteiger partial charge is 0.166 e. The van der Waals surface area contributed by atoms with Crippen LogP contribution in [0.3, 0.4) is 0 Å². The lowest BCUT2D eigenvalue weighted by Gasteiger charge is -2.14. The van der Waals surface area contributed by atoms with Gasteiger partial charge in [0.2, 0.25) is 0 Å². The molecule has 1 unspecified atom stereocenters. The van der Waals surface area contributed by atoms with E-state index in [0.29, 0.717) is 6.61 Å². The minimum absolute atomic E-state index is 0.0385. The summed E-state index contributed by atoms with van der Waals surface area (Å²) in [5, 5.41) is 0. The predicted molar refractivity (Wildman–Crippen MR) is 73.5 cm³/mol. The van der Waals surface area contributed by atoms with Crippen molar-refractivity contribution >= 4 is 22.6 Å². The molecule has 0 bridgehead atoms. The van der Waals surface area contributed by atoms with Crippen molar-refractivity contribution in [3.63, 3.8) is 0 Å². The van der Waals surface area contributed by atoms with Crippen molar-refractivity contribution in [1.82, 2.24) is 0 Å². The van der Waals surface area contributed by atoms with Gasteiger partial charge in [0.1, 0.15) is 0 Å². The lowest BCUT2D eigenvalue weighted by atomic mass is 10.3. The monoisotopic (exact) mass is 326 g/mol. The van der Waals surface area contributed by atoms with Crippen LogP contribution in [-0.2, 0) is 9.47 Å². The molecule has 0 rings (SSSR count). The fraction of sp³-hybridized carbons (Fsp3) is 0.833. The van der Waals surface area contributed by atoms with E-state index in [9.17, 15) is 0 Å². The van der Waals surface area contributed by atoms with E-state index in [4.69, 9.17) is 9.47 Å². The molecule has 0 N–H and O–H groups in total. The van der Waals surface area contributed by atoms with Crippen LogP contribution in [0.4, 0.5) is 0 Å². The first kappa shape index (κ1) is 15.4. The topological polar surface area (TPSA) is 18.5 Å². The van der Waals surface area contributed by atoms with Gasteiger partial charge in [0.05, 0.1) is 11.0 Å². The first-order valence-electron chi connectivity index (χ1n) is 5.79. The molecule has 0 spiro atoms. The molecular weight excluding hydrogens is 303 g/mol. The van der Waals surface area contributed by atoms with Gasteiger partial charge in [0, 0.05) is 6.61 Å². The molecule has 1 atom stereocenters. The summed E-state index contributed by atoms with van der Waals surface area (Å²) < 4.78 is 12.0. The first-order valence-corrected chi connectivity index (χ1v) is 7.31. The van der Waals surface area contributed by atoms with Gasteiger partial charge in [-0.25, -0.2) is 0 Å². The van der Waals surface area contributed by atoms with Crippen LogP contribution in [0.25, 0.3) is 0 Å². The van der Waals surface area contributed by atoms with Crippen LogP contribution in [0, 0.1) is 0 Å². The minimum Gasteiger partial charge on any atom is -0.352 e. The lowest BCUT2D eigenvalue weighted by molar-refractivity contribution is -0.117. The van der Waals surface area contributed by atoms with Crippen molar-refractivity contribution in [3.05, 3.63) is 12.2 Å². The maximum Gasteiger partial charge on any atom is 0.166 e. The zero-order valence-electron chi connectivity index (χ0n) is 9.88. The number of rotatable bonds is 10. The quantitative estimate of drug-likeness (QED) is 0.199. The minimum atomic E-state index is -0.0385. The van der Waals surface area contributed by atoms with E-state index in [1.54, 1.807) is 0 Å². The van der Waals surface area contributed by atoms with Crippen LogP contribution in [0.5, 0.6) is 0 Å². The van der Waals surface area contributed by atoms with Crippen molar-refractivity contribution in [1.29, 1.82) is 0 Å². The van der Waals surface area contributed by atoms with E-state index in [-0.39, 0.29) is 6.29 Å². The molecule has 0 fully saturated rings. The van der Waals surface area contributed by atoms with Gasteiger partial charge in [0.15, 0.2) is 6.29 Å². The molecule has 0 aromatic rings. The summed E-state index contributed by atoms with van der Waals surface area (Å²) in [6.07, 6.45) is 8.81. The van der Waals surface area contributed by atoms with Crippen LogP contribution in [0.1, 0.15) is 39.5 Å². The Labute approximate surface area is 108 Å². The Morgan fingerprint density at radius 1 is 1.13 bits per heavy atom. The van der Waals surface area contributed by atoms with E-state index >= 15 is 0 Å². The van der Waals surface area contributed by atoms with Crippen LogP contribution < -0.4 is 0 Å². The Morgan fingerprint density at radius 2 is 1.93 bits per heavy atom. The van der Waals surface area contributed by atoms with Crippen molar-refractivity contribution < 1.29 is 9.47 Å². The van der Waals surface area contributed by atoms with Crippen LogP contribution in [0.2, 0.25) is 0 Å². The molecule has 0 amide bonds. The van der Waals surface area contributed by atoms with Gasteiger partial charge in [0.25, 0.3) is 0 Å². The molecule has 0 radical (unpaired) electrons. The summed E-state index contributed by atoms with van der Waals surface area (Å²) in [4.78, 5) is 0. The molecule has 0 aliphatic carbocycles. The summed E-state index contributed by atoms with van der Waals surface area (Å²) in [6, 6.07) is 0. The van der Waals surface area contributed by atoms with Crippen LogP contribution in [0.15, 0.2) is 12.2 Å². The van der Waals surface area contributed by atoms with Crippen molar-refractivity contribution in [2.24, 2.45) is 0 Å². The molecule has 0 aromatic heterocycles. The Morgan fingerprint density at radius 3 is 2.53 bits per heavy atom. The Kier molecular flexibility index (Phi) is 12.8. The highest BCUT2D eigenvalue weighted by Crippen LogP contribution is 2.02. The third-order valence-corrected chi connectivity index (χ3v) is 2.65. The molecule has 0 aromatic carbocycles. The summed E-state index contributed by atoms with van der Waals surface area (Å²) >= 11 is 2.30. The molecule has 90 valence electrons. The number of unbranched alkanes of at least 4 members (excludes halogenated alkanes) is 2. The van der Waals surface area contributed by atoms with Gasteiger partial charge in [-0.15, -0.1) is 0 Å². The van der Waals surface area contributed by atoms with E-state index in [1.165, 1.54) is 12.8 Å².